The van der Waals surface area contributed by atoms with Crippen molar-refractivity contribution >= 4 is 5.97 Å². The summed E-state index contributed by atoms with van der Waals surface area (Å²) in [4.78, 5) is 14.7. The van der Waals surface area contributed by atoms with Crippen LogP contribution in [0.4, 0.5) is 0 Å². The minimum Gasteiger partial charge on any atom is -0.464 e. The van der Waals surface area contributed by atoms with Crippen LogP contribution in [0.2, 0.25) is 0 Å². The van der Waals surface area contributed by atoms with Gasteiger partial charge in [-0.2, -0.15) is 0 Å². The number of benzene rings is 1. The molecular formula is C18H25N3O6. The van der Waals surface area contributed by atoms with E-state index < -0.39 is 43.2 Å². The first-order valence-electron chi connectivity index (χ1n) is 8.89. The molecule has 1 aromatic rings. The highest BCUT2D eigenvalue weighted by Crippen LogP contribution is 2.30. The largest absolute Gasteiger partial charge is 0.464 e. The van der Waals surface area contributed by atoms with Gasteiger partial charge in [0.25, 0.3) is 0 Å². The molecule has 0 aromatic heterocycles. The maximum Gasteiger partial charge on any atom is 0.334 e. The van der Waals surface area contributed by atoms with Crippen LogP contribution in [0.5, 0.6) is 0 Å². The molecule has 1 aliphatic heterocycles. The molecule has 0 spiro atoms. The molecule has 27 heavy (non-hydrogen) atoms. The Labute approximate surface area is 157 Å². The predicted octanol–water partition coefficient (Wildman–Crippen LogP) is 2.50. The molecule has 1 fully saturated rings. The minimum absolute atomic E-state index is 0.223. The number of hydrogen-bond donors (Lipinski definition) is 1. The molecule has 0 amide bonds. The van der Waals surface area contributed by atoms with Crippen molar-refractivity contribution in [2.24, 2.45) is 5.11 Å². The van der Waals surface area contributed by atoms with E-state index in [0.717, 1.165) is 5.56 Å². The van der Waals surface area contributed by atoms with Crippen LogP contribution < -0.4 is 0 Å². The molecule has 9 nitrogen and oxygen atoms in total. The molecular weight excluding hydrogens is 354 g/mol. The van der Waals surface area contributed by atoms with Gasteiger partial charge in [0.2, 0.25) is 0 Å². The monoisotopic (exact) mass is 379 g/mol. The normalized spacial score (nSPS) is 22.9. The Bertz CT molecular complexity index is 637. The van der Waals surface area contributed by atoms with Crippen molar-refractivity contribution in [1.29, 1.82) is 0 Å². The molecule has 1 aliphatic rings. The van der Waals surface area contributed by atoms with Gasteiger partial charge in [-0.1, -0.05) is 35.4 Å². The van der Waals surface area contributed by atoms with Gasteiger partial charge in [-0.05, 0) is 25.8 Å². The van der Waals surface area contributed by atoms with Gasteiger partial charge in [0.05, 0.1) is 38.1 Å². The molecule has 0 aliphatic carbocycles. The first kappa shape index (κ1) is 21.1. The van der Waals surface area contributed by atoms with Gasteiger partial charge in [-0.15, -0.1) is 0 Å². The second kappa shape index (κ2) is 10.9. The van der Waals surface area contributed by atoms with Crippen molar-refractivity contribution in [1.82, 2.24) is 0 Å². The highest BCUT2D eigenvalue weighted by atomic mass is 16.7. The average Bonchev–Trinajstić information content (AvgIpc) is 2.71. The number of nitrogens with zero attached hydrogens (tertiary/aromatic N) is 3. The van der Waals surface area contributed by atoms with Gasteiger partial charge in [0.15, 0.2) is 12.4 Å². The fraction of sp³-hybridized carbons (Fsp3) is 0.611. The van der Waals surface area contributed by atoms with E-state index in [1.165, 1.54) is 0 Å². The second-order valence-corrected chi connectivity index (χ2v) is 6.03. The Morgan fingerprint density at radius 3 is 2.81 bits per heavy atom. The van der Waals surface area contributed by atoms with E-state index in [9.17, 15) is 9.90 Å². The maximum absolute atomic E-state index is 11.9. The van der Waals surface area contributed by atoms with Crippen LogP contribution in [0.1, 0.15) is 32.1 Å². The van der Waals surface area contributed by atoms with Crippen LogP contribution in [-0.2, 0) is 23.7 Å². The fourth-order valence-electron chi connectivity index (χ4n) is 2.83. The van der Waals surface area contributed by atoms with E-state index in [1.807, 2.05) is 30.3 Å². The molecule has 0 saturated carbocycles. The van der Waals surface area contributed by atoms with Gasteiger partial charge >= 0.3 is 5.97 Å². The molecule has 9 heteroatoms. The van der Waals surface area contributed by atoms with Crippen molar-refractivity contribution < 1.29 is 28.8 Å². The van der Waals surface area contributed by atoms with Gasteiger partial charge in [-0.25, -0.2) is 4.79 Å². The highest BCUT2D eigenvalue weighted by molar-refractivity contribution is 5.74. The van der Waals surface area contributed by atoms with Crippen molar-refractivity contribution in [3.63, 3.8) is 0 Å². The SMILES string of the molecule is CCOC(=O)[C@@H](C)OC([C@H](CO)N=[N+]=[N-])[C@H]1CCOC(c2ccccc2)O1. The zero-order valence-corrected chi connectivity index (χ0v) is 15.4. The number of aliphatic hydroxyl groups is 1. The molecule has 1 saturated heterocycles. The predicted molar refractivity (Wildman–Crippen MR) is 95.6 cm³/mol. The van der Waals surface area contributed by atoms with Crippen LogP contribution in [0.25, 0.3) is 10.4 Å². The molecule has 1 heterocycles. The Kier molecular flexibility index (Phi) is 8.50. The number of esters is 1. The summed E-state index contributed by atoms with van der Waals surface area (Å²) in [6.07, 6.45) is -2.43. The molecule has 2 unspecified atom stereocenters. The topological polar surface area (TPSA) is 123 Å². The third kappa shape index (κ3) is 5.92. The Morgan fingerprint density at radius 2 is 2.19 bits per heavy atom. The third-order valence-corrected chi connectivity index (χ3v) is 4.15. The van der Waals surface area contributed by atoms with Crippen molar-refractivity contribution in [3.05, 3.63) is 46.3 Å². The van der Waals surface area contributed by atoms with E-state index >= 15 is 0 Å². The maximum atomic E-state index is 11.9. The first-order chi connectivity index (χ1) is 13.1. The van der Waals surface area contributed by atoms with Gasteiger partial charge in [0.1, 0.15) is 0 Å². The van der Waals surface area contributed by atoms with Crippen molar-refractivity contribution in [2.45, 2.75) is 50.9 Å². The Hall–Kier alpha value is -2.16. The zero-order chi connectivity index (χ0) is 19.6. The molecule has 0 bridgehead atoms. The van der Waals surface area contributed by atoms with E-state index in [4.69, 9.17) is 24.5 Å². The standard InChI is InChI=1S/C18H25N3O6/c1-3-24-17(23)12(2)26-16(14(11-22)20-21-19)15-9-10-25-18(27-15)13-7-5-4-6-8-13/h4-8,12,14-16,18,22H,3,9-11H2,1-2H3/t12-,14+,15-,16?,18?/m1/s1. The van der Waals surface area contributed by atoms with E-state index in [1.54, 1.807) is 13.8 Å². The number of aliphatic hydroxyl groups excluding tert-OH is 1. The van der Waals surface area contributed by atoms with Crippen LogP contribution in [0.3, 0.4) is 0 Å². The Balaban J connectivity index is 2.18. The molecule has 5 atom stereocenters. The molecule has 148 valence electrons. The Morgan fingerprint density at radius 1 is 1.44 bits per heavy atom. The number of carbonyl (C=O) groups is 1. The van der Waals surface area contributed by atoms with Crippen LogP contribution in [0, 0.1) is 0 Å². The molecule has 0 radical (unpaired) electrons. The molecule has 2 rings (SSSR count). The quantitative estimate of drug-likeness (QED) is 0.304. The zero-order valence-electron chi connectivity index (χ0n) is 15.4. The number of azide groups is 1. The van der Waals surface area contributed by atoms with Gasteiger partial charge < -0.3 is 24.1 Å². The summed E-state index contributed by atoms with van der Waals surface area (Å²) in [6, 6.07) is 8.48. The van der Waals surface area contributed by atoms with Crippen LogP contribution >= 0.6 is 0 Å². The minimum atomic E-state index is -0.911. The first-order valence-corrected chi connectivity index (χ1v) is 8.89. The molecule has 1 N–H and O–H groups in total. The molecule has 1 aromatic carbocycles. The number of ether oxygens (including phenoxy) is 4. The average molecular weight is 379 g/mol. The number of hydrogen-bond acceptors (Lipinski definition) is 7. The summed E-state index contributed by atoms with van der Waals surface area (Å²) < 4.78 is 22.5. The van der Waals surface area contributed by atoms with E-state index in [0.29, 0.717) is 13.0 Å². The summed E-state index contributed by atoms with van der Waals surface area (Å²) in [7, 11) is 0. The van der Waals surface area contributed by atoms with Gasteiger partial charge in [-0.3, -0.25) is 0 Å². The van der Waals surface area contributed by atoms with E-state index in [-0.39, 0.29) is 6.61 Å². The smallest absolute Gasteiger partial charge is 0.334 e. The lowest BCUT2D eigenvalue weighted by molar-refractivity contribution is -0.250. The van der Waals surface area contributed by atoms with E-state index in [2.05, 4.69) is 10.0 Å². The summed E-state index contributed by atoms with van der Waals surface area (Å²) >= 11 is 0. The summed E-state index contributed by atoms with van der Waals surface area (Å²) in [5, 5.41) is 13.3. The van der Waals surface area contributed by atoms with Crippen molar-refractivity contribution in [3.8, 4) is 0 Å². The van der Waals surface area contributed by atoms with Gasteiger partial charge in [0, 0.05) is 10.5 Å². The number of carbonyl (C=O) groups excluding carboxylic acids is 1. The lowest BCUT2D eigenvalue weighted by Gasteiger charge is -2.37. The lowest BCUT2D eigenvalue weighted by atomic mass is 10.0. The summed E-state index contributed by atoms with van der Waals surface area (Å²) in [5.41, 5.74) is 9.64. The van der Waals surface area contributed by atoms with Crippen molar-refractivity contribution in [2.75, 3.05) is 19.8 Å². The number of rotatable bonds is 9. The van der Waals surface area contributed by atoms with Crippen LogP contribution in [-0.4, -0.2) is 55.3 Å². The van der Waals surface area contributed by atoms with Crippen LogP contribution in [0.15, 0.2) is 35.4 Å². The fourth-order valence-corrected chi connectivity index (χ4v) is 2.83. The summed E-state index contributed by atoms with van der Waals surface area (Å²) in [5.74, 6) is -0.535. The highest BCUT2D eigenvalue weighted by Gasteiger charge is 2.37. The second-order valence-electron chi connectivity index (χ2n) is 6.03. The third-order valence-electron chi connectivity index (χ3n) is 4.15. The lowest BCUT2D eigenvalue weighted by Crippen LogP contribution is -2.48. The summed E-state index contributed by atoms with van der Waals surface area (Å²) in [6.45, 7) is 3.42.